The number of benzene rings is 1. The van der Waals surface area contributed by atoms with E-state index >= 15 is 0 Å². The first kappa shape index (κ1) is 32.2. The van der Waals surface area contributed by atoms with Gasteiger partial charge in [-0.1, -0.05) is 68.7 Å². The fraction of sp³-hybridized carbons (Fsp3) is 0.667. The maximum atomic E-state index is 13.0. The van der Waals surface area contributed by atoms with Crippen LogP contribution in [-0.4, -0.2) is 47.3 Å². The van der Waals surface area contributed by atoms with Gasteiger partial charge in [-0.3, -0.25) is 4.72 Å². The lowest BCUT2D eigenvalue weighted by Crippen LogP contribution is -2.48. The molecule has 0 aliphatic carbocycles. The van der Waals surface area contributed by atoms with E-state index in [9.17, 15) is 8.42 Å². The SMILES string of the molecule is CCCCS(=O)(=O)Nc1nc2n(c1C(C)(C)C)N=C(C(C)(C)C)/C2=N/c1cc2c(cc1C)N(CCC)C(C)(C)CC2C. The van der Waals surface area contributed by atoms with Gasteiger partial charge in [0.05, 0.1) is 22.8 Å². The molecule has 0 amide bonds. The van der Waals surface area contributed by atoms with Gasteiger partial charge in [-0.15, -0.1) is 0 Å². The number of fused-ring (bicyclic) bond motifs is 2. The summed E-state index contributed by atoms with van der Waals surface area (Å²) in [5, 5.41) is 5.06. The molecule has 2 aliphatic heterocycles. The topological polar surface area (TPSA) is 91.9 Å². The smallest absolute Gasteiger partial charge is 0.233 e. The third-order valence-corrected chi connectivity index (χ3v) is 9.64. The minimum absolute atomic E-state index is 0.0606. The van der Waals surface area contributed by atoms with E-state index in [1.54, 1.807) is 0 Å². The van der Waals surface area contributed by atoms with Crippen molar-refractivity contribution in [2.45, 2.75) is 126 Å². The van der Waals surface area contributed by atoms with E-state index in [0.29, 0.717) is 29.7 Å². The van der Waals surface area contributed by atoms with Gasteiger partial charge in [0, 0.05) is 28.6 Å². The minimum atomic E-state index is -3.55. The first-order valence-corrected chi connectivity index (χ1v) is 17.2. The van der Waals surface area contributed by atoms with Gasteiger partial charge in [-0.25, -0.2) is 23.1 Å². The monoisotopic (exact) mass is 596 g/mol. The van der Waals surface area contributed by atoms with E-state index in [1.807, 2.05) is 11.6 Å². The third-order valence-electron chi connectivity index (χ3n) is 8.31. The summed E-state index contributed by atoms with van der Waals surface area (Å²) in [6.45, 7) is 26.9. The standard InChI is InChI=1S/C33H52N6O2S/c1-13-15-17-42(40,41)37-29-28(32(8,9)10)39-30(35-29)26(27(36-39)31(5,6)7)34-24-19-23-22(4)20-33(11,12)38(16-14-2)25(23)18-21(24)3/h18-19,22,37H,13-17,20H2,1-12H3/b34-26-. The summed E-state index contributed by atoms with van der Waals surface area (Å²) in [5.41, 5.74) is 6.28. The fourth-order valence-corrected chi connectivity index (χ4v) is 7.52. The number of unbranched alkanes of at least 4 members (excludes halogenated alkanes) is 1. The molecule has 0 spiro atoms. The van der Waals surface area contributed by atoms with Crippen molar-refractivity contribution in [2.75, 3.05) is 21.9 Å². The summed E-state index contributed by atoms with van der Waals surface area (Å²) in [7, 11) is -3.55. The van der Waals surface area contributed by atoms with Gasteiger partial charge in [0.2, 0.25) is 10.0 Å². The van der Waals surface area contributed by atoms with Crippen LogP contribution in [0.4, 0.5) is 17.2 Å². The molecule has 0 saturated heterocycles. The number of imidazole rings is 1. The van der Waals surface area contributed by atoms with Crippen molar-refractivity contribution in [2.24, 2.45) is 15.5 Å². The lowest BCUT2D eigenvalue weighted by Gasteiger charge is -2.48. The van der Waals surface area contributed by atoms with Crippen molar-refractivity contribution in [3.05, 3.63) is 34.8 Å². The predicted molar refractivity (Wildman–Crippen MR) is 178 cm³/mol. The minimum Gasteiger partial charge on any atom is -0.366 e. The lowest BCUT2D eigenvalue weighted by atomic mass is 9.79. The van der Waals surface area contributed by atoms with Crippen molar-refractivity contribution in [3.8, 4) is 0 Å². The van der Waals surface area contributed by atoms with Gasteiger partial charge >= 0.3 is 0 Å². The number of anilines is 2. The molecule has 3 heterocycles. The summed E-state index contributed by atoms with van der Waals surface area (Å²) in [6.07, 6.45) is 3.56. The highest BCUT2D eigenvalue weighted by Gasteiger charge is 2.40. The molecule has 2 aliphatic rings. The average molecular weight is 597 g/mol. The Balaban J connectivity index is 1.91. The molecule has 0 fully saturated rings. The van der Waals surface area contributed by atoms with Crippen LogP contribution >= 0.6 is 0 Å². The van der Waals surface area contributed by atoms with E-state index in [0.717, 1.165) is 48.5 Å². The molecule has 1 atom stereocenters. The van der Waals surface area contributed by atoms with Crippen molar-refractivity contribution >= 4 is 38.6 Å². The van der Waals surface area contributed by atoms with E-state index in [4.69, 9.17) is 15.1 Å². The highest BCUT2D eigenvalue weighted by atomic mass is 32.2. The van der Waals surface area contributed by atoms with Gasteiger partial charge < -0.3 is 4.90 Å². The number of hydrogen-bond acceptors (Lipinski definition) is 6. The van der Waals surface area contributed by atoms with Crippen LogP contribution in [0.25, 0.3) is 0 Å². The van der Waals surface area contributed by atoms with Crippen LogP contribution in [0.1, 0.15) is 130 Å². The van der Waals surface area contributed by atoms with Crippen LogP contribution in [0.15, 0.2) is 22.2 Å². The molecule has 0 bridgehead atoms. The molecule has 42 heavy (non-hydrogen) atoms. The Morgan fingerprint density at radius 3 is 2.31 bits per heavy atom. The highest BCUT2D eigenvalue weighted by Crippen LogP contribution is 2.46. The molecule has 1 N–H and O–H groups in total. The number of sulfonamides is 1. The van der Waals surface area contributed by atoms with Crippen LogP contribution in [0.3, 0.4) is 0 Å². The van der Waals surface area contributed by atoms with E-state index < -0.39 is 15.4 Å². The number of nitrogens with zero attached hydrogens (tertiary/aromatic N) is 5. The van der Waals surface area contributed by atoms with E-state index in [1.165, 1.54) is 11.3 Å². The number of hydrogen-bond donors (Lipinski definition) is 1. The van der Waals surface area contributed by atoms with Gasteiger partial charge in [-0.2, -0.15) is 5.10 Å². The fourth-order valence-electron chi connectivity index (χ4n) is 6.31. The molecule has 0 radical (unpaired) electrons. The second kappa shape index (κ2) is 11.1. The molecule has 1 aromatic carbocycles. The summed E-state index contributed by atoms with van der Waals surface area (Å²) < 4.78 is 30.5. The molecule has 8 nitrogen and oxygen atoms in total. The maximum absolute atomic E-state index is 13.0. The zero-order valence-corrected chi connectivity index (χ0v) is 28.8. The summed E-state index contributed by atoms with van der Waals surface area (Å²) in [4.78, 5) is 12.7. The maximum Gasteiger partial charge on any atom is 0.233 e. The second-order valence-corrected chi connectivity index (χ2v) is 16.7. The van der Waals surface area contributed by atoms with Crippen LogP contribution in [0, 0.1) is 12.3 Å². The Bertz CT molecular complexity index is 1520. The Kier molecular flexibility index (Phi) is 8.53. The number of aromatic nitrogens is 2. The first-order valence-electron chi connectivity index (χ1n) is 15.6. The van der Waals surface area contributed by atoms with Gasteiger partial charge in [-0.05, 0) is 69.2 Å². The Morgan fingerprint density at radius 1 is 1.07 bits per heavy atom. The zero-order valence-electron chi connectivity index (χ0n) is 27.9. The van der Waals surface area contributed by atoms with Crippen LogP contribution in [0.2, 0.25) is 0 Å². The molecular formula is C33H52N6O2S. The summed E-state index contributed by atoms with van der Waals surface area (Å²) in [6, 6.07) is 4.55. The van der Waals surface area contributed by atoms with E-state index in [-0.39, 0.29) is 16.7 Å². The Morgan fingerprint density at radius 2 is 1.74 bits per heavy atom. The average Bonchev–Trinajstić information content (AvgIpc) is 3.36. The number of aryl methyl sites for hydroxylation is 1. The first-order chi connectivity index (χ1) is 19.3. The number of rotatable bonds is 8. The number of aliphatic imine (C=N–C) groups is 1. The molecule has 4 rings (SSSR count). The lowest BCUT2D eigenvalue weighted by molar-refractivity contribution is 0.376. The van der Waals surface area contributed by atoms with Gasteiger partial charge in [0.1, 0.15) is 5.71 Å². The van der Waals surface area contributed by atoms with Crippen molar-refractivity contribution in [1.82, 2.24) is 9.66 Å². The predicted octanol–water partition coefficient (Wildman–Crippen LogP) is 7.92. The molecule has 2 aromatic rings. The summed E-state index contributed by atoms with van der Waals surface area (Å²) in [5.74, 6) is 1.38. The number of nitrogens with one attached hydrogen (secondary N) is 1. The molecule has 9 heteroatoms. The highest BCUT2D eigenvalue weighted by molar-refractivity contribution is 7.92. The normalized spacial score (nSPS) is 19.6. The Labute approximate surface area is 254 Å². The van der Waals surface area contributed by atoms with Crippen molar-refractivity contribution < 1.29 is 8.42 Å². The van der Waals surface area contributed by atoms with Gasteiger partial charge in [0.25, 0.3) is 0 Å². The molecular weight excluding hydrogens is 544 g/mol. The summed E-state index contributed by atoms with van der Waals surface area (Å²) >= 11 is 0. The van der Waals surface area contributed by atoms with Crippen LogP contribution in [0.5, 0.6) is 0 Å². The Hall–Kier alpha value is -2.68. The van der Waals surface area contributed by atoms with Gasteiger partial charge in [0.15, 0.2) is 11.6 Å². The second-order valence-electron chi connectivity index (χ2n) is 14.9. The third kappa shape index (κ3) is 6.17. The van der Waals surface area contributed by atoms with E-state index in [2.05, 4.69) is 97.9 Å². The zero-order chi connectivity index (χ0) is 31.4. The molecule has 232 valence electrons. The largest absolute Gasteiger partial charge is 0.366 e. The molecule has 1 aromatic heterocycles. The molecule has 1 unspecified atom stereocenters. The van der Waals surface area contributed by atoms with Crippen molar-refractivity contribution in [1.29, 1.82) is 0 Å². The molecule has 0 saturated carbocycles. The quantitative estimate of drug-likeness (QED) is 0.335. The van der Waals surface area contributed by atoms with Crippen LogP contribution < -0.4 is 9.62 Å². The van der Waals surface area contributed by atoms with Crippen molar-refractivity contribution in [3.63, 3.8) is 0 Å². The van der Waals surface area contributed by atoms with Crippen LogP contribution in [-0.2, 0) is 15.4 Å².